The average molecular weight is 355 g/mol. The van der Waals surface area contributed by atoms with Gasteiger partial charge >= 0.3 is 0 Å². The van der Waals surface area contributed by atoms with Crippen molar-refractivity contribution in [3.63, 3.8) is 0 Å². The molecular formula is C15H16BrFN2O2. The predicted molar refractivity (Wildman–Crippen MR) is 82.5 cm³/mol. The number of amides is 1. The van der Waals surface area contributed by atoms with E-state index in [9.17, 15) is 9.18 Å². The largest absolute Gasteiger partial charge is 0.464 e. The lowest BCUT2D eigenvalue weighted by Gasteiger charge is -2.16. The van der Waals surface area contributed by atoms with Crippen molar-refractivity contribution in [3.8, 4) is 0 Å². The maximum atomic E-state index is 13.6. The van der Waals surface area contributed by atoms with E-state index in [-0.39, 0.29) is 12.5 Å². The van der Waals surface area contributed by atoms with Crippen LogP contribution in [0.3, 0.4) is 0 Å². The Balaban J connectivity index is 1.89. The van der Waals surface area contributed by atoms with Crippen LogP contribution < -0.4 is 5.32 Å². The van der Waals surface area contributed by atoms with Crippen LogP contribution in [0.2, 0.25) is 0 Å². The molecule has 0 saturated carbocycles. The molecule has 0 aliphatic rings. The summed E-state index contributed by atoms with van der Waals surface area (Å²) in [6.45, 7) is 2.26. The molecule has 0 aliphatic carbocycles. The number of hydrogen-bond donors (Lipinski definition) is 1. The molecule has 0 aliphatic heterocycles. The number of halogens is 2. The van der Waals surface area contributed by atoms with Crippen molar-refractivity contribution >= 4 is 27.5 Å². The maximum absolute atomic E-state index is 13.6. The second kappa shape index (κ2) is 6.76. The van der Waals surface area contributed by atoms with Gasteiger partial charge in [0.1, 0.15) is 17.3 Å². The van der Waals surface area contributed by atoms with Crippen molar-refractivity contribution in [1.29, 1.82) is 0 Å². The summed E-state index contributed by atoms with van der Waals surface area (Å²) in [5.41, 5.74) is 0.300. The smallest absolute Gasteiger partial charge is 0.242 e. The van der Waals surface area contributed by atoms with Crippen LogP contribution >= 0.6 is 15.9 Å². The van der Waals surface area contributed by atoms with Gasteiger partial charge in [-0.3, -0.25) is 4.79 Å². The molecule has 1 aromatic heterocycles. The first-order valence-electron chi connectivity index (χ1n) is 6.44. The van der Waals surface area contributed by atoms with Gasteiger partial charge in [-0.2, -0.15) is 0 Å². The number of benzene rings is 1. The number of rotatable bonds is 5. The number of carbonyl (C=O) groups is 1. The normalized spacial score (nSPS) is 10.5. The summed E-state index contributed by atoms with van der Waals surface area (Å²) in [6, 6.07) is 8.33. The van der Waals surface area contributed by atoms with E-state index in [1.165, 1.54) is 11.0 Å². The van der Waals surface area contributed by atoms with Crippen LogP contribution in [-0.2, 0) is 11.3 Å². The molecule has 0 unspecified atom stereocenters. The van der Waals surface area contributed by atoms with Gasteiger partial charge < -0.3 is 14.6 Å². The van der Waals surface area contributed by atoms with Crippen molar-refractivity contribution in [2.45, 2.75) is 13.5 Å². The van der Waals surface area contributed by atoms with Crippen molar-refractivity contribution in [2.24, 2.45) is 0 Å². The van der Waals surface area contributed by atoms with Gasteiger partial charge in [0, 0.05) is 11.5 Å². The zero-order valence-corrected chi connectivity index (χ0v) is 13.4. The third-order valence-corrected chi connectivity index (χ3v) is 3.47. The molecule has 0 saturated heterocycles. The van der Waals surface area contributed by atoms with Gasteiger partial charge in [-0.1, -0.05) is 15.9 Å². The van der Waals surface area contributed by atoms with Crippen LogP contribution in [0.25, 0.3) is 0 Å². The molecule has 1 N–H and O–H groups in total. The van der Waals surface area contributed by atoms with E-state index in [1.807, 2.05) is 19.1 Å². The van der Waals surface area contributed by atoms with Crippen LogP contribution in [0.1, 0.15) is 11.5 Å². The van der Waals surface area contributed by atoms with E-state index in [2.05, 4.69) is 21.2 Å². The van der Waals surface area contributed by atoms with Crippen LogP contribution in [0, 0.1) is 12.7 Å². The van der Waals surface area contributed by atoms with Gasteiger partial charge in [0.2, 0.25) is 5.91 Å². The van der Waals surface area contributed by atoms with Crippen molar-refractivity contribution in [2.75, 3.05) is 18.9 Å². The Morgan fingerprint density at radius 2 is 2.14 bits per heavy atom. The first kappa shape index (κ1) is 15.6. The minimum absolute atomic E-state index is 0.0226. The monoisotopic (exact) mass is 354 g/mol. The van der Waals surface area contributed by atoms with E-state index in [0.717, 1.165) is 11.5 Å². The molecule has 1 aromatic carbocycles. The Hall–Kier alpha value is -1.82. The predicted octanol–water partition coefficient (Wildman–Crippen LogP) is 3.56. The number of nitrogens with zero attached hydrogens (tertiary/aromatic N) is 1. The molecule has 112 valence electrons. The second-order valence-corrected chi connectivity index (χ2v) is 5.66. The number of aryl methyl sites for hydroxylation is 1. The third-order valence-electron chi connectivity index (χ3n) is 2.98. The van der Waals surface area contributed by atoms with E-state index in [0.29, 0.717) is 16.7 Å². The molecule has 2 aromatic rings. The first-order valence-corrected chi connectivity index (χ1v) is 7.23. The summed E-state index contributed by atoms with van der Waals surface area (Å²) in [6.07, 6.45) is 0. The van der Waals surface area contributed by atoms with E-state index in [1.54, 1.807) is 19.2 Å². The fourth-order valence-corrected chi connectivity index (χ4v) is 2.16. The van der Waals surface area contributed by atoms with Crippen LogP contribution in [0.4, 0.5) is 10.1 Å². The summed E-state index contributed by atoms with van der Waals surface area (Å²) in [5.74, 6) is 0.979. The number of carbonyl (C=O) groups excluding carboxylic acids is 1. The molecule has 0 radical (unpaired) electrons. The summed E-state index contributed by atoms with van der Waals surface area (Å²) in [5, 5.41) is 2.79. The average Bonchev–Trinajstić information content (AvgIpc) is 2.82. The maximum Gasteiger partial charge on any atom is 0.242 e. The van der Waals surface area contributed by atoms with E-state index < -0.39 is 5.82 Å². The van der Waals surface area contributed by atoms with Crippen LogP contribution in [0.5, 0.6) is 0 Å². The number of anilines is 1. The van der Waals surface area contributed by atoms with Crippen molar-refractivity contribution in [3.05, 3.63) is 52.1 Å². The fourth-order valence-electron chi connectivity index (χ4n) is 1.83. The van der Waals surface area contributed by atoms with Gasteiger partial charge in [-0.05, 0) is 37.3 Å². The van der Waals surface area contributed by atoms with Crippen molar-refractivity contribution < 1.29 is 13.6 Å². The van der Waals surface area contributed by atoms with Crippen LogP contribution in [-0.4, -0.2) is 24.4 Å². The molecule has 4 nitrogen and oxygen atoms in total. The fraction of sp³-hybridized carbons (Fsp3) is 0.267. The number of hydrogen-bond acceptors (Lipinski definition) is 3. The molecule has 1 amide bonds. The molecule has 1 heterocycles. The highest BCUT2D eigenvalue weighted by molar-refractivity contribution is 9.10. The number of nitrogens with one attached hydrogen (secondary N) is 1. The Kier molecular flexibility index (Phi) is 5.01. The first-order chi connectivity index (χ1) is 9.95. The summed E-state index contributed by atoms with van der Waals surface area (Å²) in [4.78, 5) is 13.5. The SMILES string of the molecule is Cc1ccc(CN(C)C(=O)CNc2ccc(Br)cc2F)o1. The zero-order valence-electron chi connectivity index (χ0n) is 11.8. The molecule has 0 spiro atoms. The molecule has 21 heavy (non-hydrogen) atoms. The van der Waals surface area contributed by atoms with Gasteiger partial charge in [-0.15, -0.1) is 0 Å². The van der Waals surface area contributed by atoms with Gasteiger partial charge in [0.25, 0.3) is 0 Å². The van der Waals surface area contributed by atoms with Gasteiger partial charge in [-0.25, -0.2) is 4.39 Å². The Bertz CT molecular complexity index is 642. The zero-order chi connectivity index (χ0) is 15.4. The van der Waals surface area contributed by atoms with Gasteiger partial charge in [0.15, 0.2) is 0 Å². The summed E-state index contributed by atoms with van der Waals surface area (Å²) < 4.78 is 19.7. The van der Waals surface area contributed by atoms with Gasteiger partial charge in [0.05, 0.1) is 18.8 Å². The molecule has 0 bridgehead atoms. The van der Waals surface area contributed by atoms with E-state index >= 15 is 0 Å². The third kappa shape index (κ3) is 4.32. The minimum atomic E-state index is -0.401. The summed E-state index contributed by atoms with van der Waals surface area (Å²) >= 11 is 3.19. The summed E-state index contributed by atoms with van der Waals surface area (Å²) in [7, 11) is 1.68. The molecular weight excluding hydrogens is 339 g/mol. The molecule has 0 fully saturated rings. The number of likely N-dealkylation sites (N-methyl/N-ethyl adjacent to an activating group) is 1. The van der Waals surface area contributed by atoms with Crippen LogP contribution in [0.15, 0.2) is 39.2 Å². The lowest BCUT2D eigenvalue weighted by atomic mass is 10.3. The standard InChI is InChI=1S/C15H16BrFN2O2/c1-10-3-5-12(21-10)9-19(2)15(20)8-18-14-6-4-11(16)7-13(14)17/h3-7,18H,8-9H2,1-2H3. The second-order valence-electron chi connectivity index (χ2n) is 4.74. The number of furan rings is 1. The topological polar surface area (TPSA) is 45.5 Å². The highest BCUT2D eigenvalue weighted by atomic mass is 79.9. The molecule has 2 rings (SSSR count). The highest BCUT2D eigenvalue weighted by Gasteiger charge is 2.12. The quantitative estimate of drug-likeness (QED) is 0.892. The highest BCUT2D eigenvalue weighted by Crippen LogP contribution is 2.19. The molecule has 0 atom stereocenters. The Morgan fingerprint density at radius 3 is 2.76 bits per heavy atom. The molecule has 6 heteroatoms. The lowest BCUT2D eigenvalue weighted by Crippen LogP contribution is -2.31. The Morgan fingerprint density at radius 1 is 1.38 bits per heavy atom. The van der Waals surface area contributed by atoms with E-state index in [4.69, 9.17) is 4.42 Å². The van der Waals surface area contributed by atoms with Crippen molar-refractivity contribution in [1.82, 2.24) is 4.90 Å². The minimum Gasteiger partial charge on any atom is -0.464 e. The Labute approximate surface area is 131 Å². The lowest BCUT2D eigenvalue weighted by molar-refractivity contribution is -0.128.